The lowest BCUT2D eigenvalue weighted by atomic mass is 10.3. The van der Waals surface area contributed by atoms with Gasteiger partial charge >= 0.3 is 5.97 Å². The Hall–Kier alpha value is -1.98. The van der Waals surface area contributed by atoms with Gasteiger partial charge in [-0.15, -0.1) is 0 Å². The number of hydrogen-bond acceptors (Lipinski definition) is 7. The van der Waals surface area contributed by atoms with Gasteiger partial charge in [0.2, 0.25) is 5.91 Å². The molecule has 10 nitrogen and oxygen atoms in total. The van der Waals surface area contributed by atoms with E-state index in [0.29, 0.717) is 0 Å². The molecule has 1 heterocycles. The van der Waals surface area contributed by atoms with Crippen LogP contribution in [0, 0.1) is 0 Å². The lowest BCUT2D eigenvalue weighted by molar-refractivity contribution is -0.125. The molecule has 0 aromatic carbocycles. The Morgan fingerprint density at radius 2 is 2.25 bits per heavy atom. The van der Waals surface area contributed by atoms with E-state index in [2.05, 4.69) is 14.9 Å². The largest absolute Gasteiger partial charge is 0.462 e. The zero-order valence-corrected chi connectivity index (χ0v) is 11.3. The Morgan fingerprint density at radius 3 is 2.80 bits per heavy atom. The molecule has 0 aliphatic rings. The highest BCUT2D eigenvalue weighted by atomic mass is 32.2. The molecule has 0 aliphatic heterocycles. The first-order valence-electron chi connectivity index (χ1n) is 5.47. The standard InChI is InChI=1S/C9H14N4O6S/c1-2-19-9(16)5-3-11-13-8(5)20(17,18)12-4-6(14)7(10)15/h3,6,12,14H,2,4H2,1H3,(H2,10,15)(H,11,13). The van der Waals surface area contributed by atoms with Gasteiger partial charge in [-0.3, -0.25) is 9.89 Å². The van der Waals surface area contributed by atoms with Crippen LogP contribution in [0.2, 0.25) is 0 Å². The SMILES string of the molecule is CCOC(=O)c1cn[nH]c1S(=O)(=O)NCC(O)C(N)=O. The van der Waals surface area contributed by atoms with E-state index in [1.165, 1.54) is 0 Å². The normalized spacial score (nSPS) is 12.9. The molecule has 0 saturated heterocycles. The Kier molecular flexibility index (Phi) is 5.19. The number of nitrogens with two attached hydrogens (primary N) is 1. The van der Waals surface area contributed by atoms with Crippen molar-refractivity contribution in [2.75, 3.05) is 13.2 Å². The number of ether oxygens (including phenoxy) is 1. The Morgan fingerprint density at radius 1 is 1.60 bits per heavy atom. The van der Waals surface area contributed by atoms with Gasteiger partial charge in [0, 0.05) is 6.54 Å². The van der Waals surface area contributed by atoms with Crippen LogP contribution in [0.25, 0.3) is 0 Å². The number of nitrogens with zero attached hydrogens (tertiary/aromatic N) is 1. The zero-order chi connectivity index (χ0) is 15.3. The predicted octanol–water partition coefficient (Wildman–Crippen LogP) is -2.29. The number of aliphatic hydroxyl groups excluding tert-OH is 1. The van der Waals surface area contributed by atoms with Crippen molar-refractivity contribution in [1.82, 2.24) is 14.9 Å². The highest BCUT2D eigenvalue weighted by Crippen LogP contribution is 2.12. The molecule has 0 fully saturated rings. The second-order valence-electron chi connectivity index (χ2n) is 3.60. The summed E-state index contributed by atoms with van der Waals surface area (Å²) in [6, 6.07) is 0. The van der Waals surface area contributed by atoms with Gasteiger partial charge in [-0.2, -0.15) is 5.10 Å². The fourth-order valence-electron chi connectivity index (χ4n) is 1.19. The van der Waals surface area contributed by atoms with E-state index in [1.54, 1.807) is 6.92 Å². The van der Waals surface area contributed by atoms with Gasteiger partial charge in [0.25, 0.3) is 10.0 Å². The summed E-state index contributed by atoms with van der Waals surface area (Å²) in [5.74, 6) is -1.94. The highest BCUT2D eigenvalue weighted by molar-refractivity contribution is 7.89. The molecule has 1 unspecified atom stereocenters. The summed E-state index contributed by atoms with van der Waals surface area (Å²) in [5.41, 5.74) is 4.50. The molecule has 0 aliphatic carbocycles. The molecule has 0 radical (unpaired) electrons. The van der Waals surface area contributed by atoms with Crippen LogP contribution < -0.4 is 10.5 Å². The molecule has 0 saturated carbocycles. The number of rotatable bonds is 7. The van der Waals surface area contributed by atoms with Crippen LogP contribution in [0.1, 0.15) is 17.3 Å². The van der Waals surface area contributed by atoms with Crippen molar-refractivity contribution in [2.24, 2.45) is 5.73 Å². The van der Waals surface area contributed by atoms with Crippen molar-refractivity contribution in [3.8, 4) is 0 Å². The van der Waals surface area contributed by atoms with E-state index < -0.39 is 39.6 Å². The number of carbonyl (C=O) groups excluding carboxylic acids is 2. The summed E-state index contributed by atoms with van der Waals surface area (Å²) < 4.78 is 30.4. The molecule has 1 aromatic heterocycles. The average molecular weight is 306 g/mol. The van der Waals surface area contributed by atoms with Crippen molar-refractivity contribution in [3.63, 3.8) is 0 Å². The number of aromatic amines is 1. The lowest BCUT2D eigenvalue weighted by Gasteiger charge is -2.09. The number of amides is 1. The molecule has 11 heteroatoms. The number of sulfonamides is 1. The first kappa shape index (κ1) is 16.1. The van der Waals surface area contributed by atoms with Crippen molar-refractivity contribution in [1.29, 1.82) is 0 Å². The van der Waals surface area contributed by atoms with E-state index in [9.17, 15) is 18.0 Å². The molecule has 0 bridgehead atoms. The van der Waals surface area contributed by atoms with Gasteiger partial charge in [-0.25, -0.2) is 17.9 Å². The number of aliphatic hydroxyl groups is 1. The van der Waals surface area contributed by atoms with Crippen molar-refractivity contribution in [2.45, 2.75) is 18.1 Å². The van der Waals surface area contributed by atoms with Gasteiger partial charge in [0.05, 0.1) is 12.8 Å². The van der Waals surface area contributed by atoms with Crippen molar-refractivity contribution >= 4 is 21.9 Å². The molecule has 112 valence electrons. The van der Waals surface area contributed by atoms with Crippen LogP contribution >= 0.6 is 0 Å². The van der Waals surface area contributed by atoms with Crippen molar-refractivity contribution in [3.05, 3.63) is 11.8 Å². The maximum Gasteiger partial charge on any atom is 0.342 e. The van der Waals surface area contributed by atoms with Gasteiger partial charge in [-0.1, -0.05) is 0 Å². The topological polar surface area (TPSA) is 164 Å². The molecule has 0 spiro atoms. The molecule has 1 aromatic rings. The molecular formula is C9H14N4O6S. The highest BCUT2D eigenvalue weighted by Gasteiger charge is 2.26. The maximum absolute atomic E-state index is 11.9. The van der Waals surface area contributed by atoms with Gasteiger partial charge in [0.1, 0.15) is 11.7 Å². The summed E-state index contributed by atoms with van der Waals surface area (Å²) in [6.45, 7) is 1.00. The van der Waals surface area contributed by atoms with E-state index in [4.69, 9.17) is 10.8 Å². The van der Waals surface area contributed by atoms with E-state index in [0.717, 1.165) is 6.20 Å². The molecule has 20 heavy (non-hydrogen) atoms. The summed E-state index contributed by atoms with van der Waals surface area (Å²) in [4.78, 5) is 22.1. The Bertz CT molecular complexity index is 595. The molecular weight excluding hydrogens is 292 g/mol. The minimum Gasteiger partial charge on any atom is -0.462 e. The summed E-state index contributed by atoms with van der Waals surface area (Å²) >= 11 is 0. The molecule has 5 N–H and O–H groups in total. The third-order valence-corrected chi connectivity index (χ3v) is 3.56. The van der Waals surface area contributed by atoms with Gasteiger partial charge in [-0.05, 0) is 6.92 Å². The average Bonchev–Trinajstić information content (AvgIpc) is 2.86. The summed E-state index contributed by atoms with van der Waals surface area (Å²) in [7, 11) is -4.18. The third-order valence-electron chi connectivity index (χ3n) is 2.16. The summed E-state index contributed by atoms with van der Waals surface area (Å²) in [6.07, 6.45) is -0.685. The predicted molar refractivity (Wildman–Crippen MR) is 64.9 cm³/mol. The number of aromatic nitrogens is 2. The van der Waals surface area contributed by atoms with Crippen LogP contribution in [0.3, 0.4) is 0 Å². The van der Waals surface area contributed by atoms with E-state index >= 15 is 0 Å². The van der Waals surface area contributed by atoms with Crippen LogP contribution in [0.5, 0.6) is 0 Å². The number of nitrogens with one attached hydrogen (secondary N) is 2. The van der Waals surface area contributed by atoms with E-state index in [-0.39, 0.29) is 12.2 Å². The second kappa shape index (κ2) is 6.45. The minimum absolute atomic E-state index is 0.0668. The molecule has 1 atom stereocenters. The zero-order valence-electron chi connectivity index (χ0n) is 10.5. The number of esters is 1. The van der Waals surface area contributed by atoms with Crippen LogP contribution in [0.4, 0.5) is 0 Å². The van der Waals surface area contributed by atoms with Gasteiger partial charge in [0.15, 0.2) is 5.03 Å². The van der Waals surface area contributed by atoms with Gasteiger partial charge < -0.3 is 15.6 Å². The fourth-order valence-corrected chi connectivity index (χ4v) is 2.31. The number of primary amides is 1. The Balaban J connectivity index is 2.91. The second-order valence-corrected chi connectivity index (χ2v) is 5.31. The van der Waals surface area contributed by atoms with Crippen LogP contribution in [-0.2, 0) is 19.6 Å². The first-order valence-corrected chi connectivity index (χ1v) is 6.95. The number of carbonyl (C=O) groups is 2. The first-order chi connectivity index (χ1) is 9.29. The third kappa shape index (κ3) is 3.76. The minimum atomic E-state index is -4.18. The number of hydrogen-bond donors (Lipinski definition) is 4. The van der Waals surface area contributed by atoms with Crippen LogP contribution in [-0.4, -0.2) is 54.9 Å². The smallest absolute Gasteiger partial charge is 0.342 e. The fraction of sp³-hybridized carbons (Fsp3) is 0.444. The molecule has 1 rings (SSSR count). The quantitative estimate of drug-likeness (QED) is 0.411. The number of H-pyrrole nitrogens is 1. The molecule has 1 amide bonds. The lowest BCUT2D eigenvalue weighted by Crippen LogP contribution is -2.40. The Labute approximate surface area is 114 Å². The van der Waals surface area contributed by atoms with Crippen LogP contribution in [0.15, 0.2) is 11.2 Å². The van der Waals surface area contributed by atoms with E-state index in [1.807, 2.05) is 4.72 Å². The monoisotopic (exact) mass is 306 g/mol. The maximum atomic E-state index is 11.9. The van der Waals surface area contributed by atoms with Crippen molar-refractivity contribution < 1.29 is 27.9 Å². The summed E-state index contributed by atoms with van der Waals surface area (Å²) in [5, 5.41) is 14.2.